The Kier molecular flexibility index (Phi) is 6.93. The minimum atomic E-state index is -3.66. The number of nitrogens with zero attached hydrogens (tertiary/aromatic N) is 3. The van der Waals surface area contributed by atoms with Crippen LogP contribution in [-0.2, 0) is 10.0 Å². The fourth-order valence-corrected chi connectivity index (χ4v) is 6.06. The van der Waals surface area contributed by atoms with Gasteiger partial charge in [0.25, 0.3) is 0 Å². The molecule has 31 heavy (non-hydrogen) atoms. The third-order valence-corrected chi connectivity index (χ3v) is 7.86. The van der Waals surface area contributed by atoms with E-state index in [2.05, 4.69) is 18.4 Å². The van der Waals surface area contributed by atoms with Crippen LogP contribution in [0.4, 0.5) is 0 Å². The van der Waals surface area contributed by atoms with E-state index in [1.807, 2.05) is 37.8 Å². The van der Waals surface area contributed by atoms with Crippen molar-refractivity contribution in [3.05, 3.63) is 46.8 Å². The summed E-state index contributed by atoms with van der Waals surface area (Å²) in [5.41, 5.74) is 3.69. The lowest BCUT2D eigenvalue weighted by Gasteiger charge is -2.33. The molecule has 0 radical (unpaired) electrons. The van der Waals surface area contributed by atoms with Crippen LogP contribution in [-0.4, -0.2) is 67.8 Å². The maximum absolute atomic E-state index is 13.2. The van der Waals surface area contributed by atoms with Gasteiger partial charge >= 0.3 is 0 Å². The Morgan fingerprint density at radius 1 is 1.06 bits per heavy atom. The Labute approximate surface area is 185 Å². The average Bonchev–Trinajstić information content (AvgIpc) is 3.02. The second-order valence-corrected chi connectivity index (χ2v) is 10.4. The molecular formula is C23H33N3O4S. The van der Waals surface area contributed by atoms with Crippen LogP contribution in [0.5, 0.6) is 5.75 Å². The number of sulfonamides is 1. The molecule has 1 aromatic heterocycles. The van der Waals surface area contributed by atoms with Crippen LogP contribution in [0.2, 0.25) is 0 Å². The number of Topliss-reactive ketones (excluding diaryl/α,β-unsaturated/α-hetero) is 1. The van der Waals surface area contributed by atoms with E-state index < -0.39 is 10.0 Å². The van der Waals surface area contributed by atoms with Crippen molar-refractivity contribution in [2.24, 2.45) is 0 Å². The van der Waals surface area contributed by atoms with Gasteiger partial charge in [0.15, 0.2) is 5.78 Å². The number of piperazine rings is 1. The van der Waals surface area contributed by atoms with Crippen molar-refractivity contribution in [3.8, 4) is 5.75 Å². The highest BCUT2D eigenvalue weighted by Gasteiger charge is 2.31. The molecule has 0 saturated carbocycles. The first-order valence-electron chi connectivity index (χ1n) is 10.6. The highest BCUT2D eigenvalue weighted by atomic mass is 32.2. The molecule has 2 aromatic rings. The molecule has 0 amide bonds. The number of aryl methyl sites for hydroxylation is 2. The Balaban J connectivity index is 1.68. The maximum atomic E-state index is 13.2. The van der Waals surface area contributed by atoms with Crippen LogP contribution in [0.15, 0.2) is 29.2 Å². The predicted octanol–water partition coefficient (Wildman–Crippen LogP) is 3.19. The standard InChI is InChI=1S/C23H33N3O4S/c1-16(2)26-18(4)14-20(19(26)5)21(27)15-24-9-11-25(12-10-24)31(28,29)23-13-17(3)7-8-22(23)30-6/h7-8,13-14,16H,9-12,15H2,1-6H3. The van der Waals surface area contributed by atoms with Crippen molar-refractivity contribution in [2.75, 3.05) is 39.8 Å². The van der Waals surface area contributed by atoms with Crippen LogP contribution >= 0.6 is 0 Å². The van der Waals surface area contributed by atoms with Crippen molar-refractivity contribution < 1.29 is 17.9 Å². The predicted molar refractivity (Wildman–Crippen MR) is 122 cm³/mol. The van der Waals surface area contributed by atoms with Gasteiger partial charge in [0, 0.05) is 49.2 Å². The number of methoxy groups -OCH3 is 1. The lowest BCUT2D eigenvalue weighted by molar-refractivity contribution is 0.0901. The lowest BCUT2D eigenvalue weighted by atomic mass is 10.1. The number of rotatable bonds is 7. The van der Waals surface area contributed by atoms with E-state index >= 15 is 0 Å². The SMILES string of the molecule is COc1ccc(C)cc1S(=O)(=O)N1CCN(CC(=O)c2cc(C)n(C(C)C)c2C)CC1. The summed E-state index contributed by atoms with van der Waals surface area (Å²) in [6.45, 7) is 12.1. The number of carbonyl (C=O) groups is 1. The number of carbonyl (C=O) groups excluding carboxylic acids is 1. The molecule has 0 spiro atoms. The monoisotopic (exact) mass is 447 g/mol. The maximum Gasteiger partial charge on any atom is 0.246 e. The summed E-state index contributed by atoms with van der Waals surface area (Å²) in [5, 5.41) is 0. The van der Waals surface area contributed by atoms with E-state index in [-0.39, 0.29) is 10.7 Å². The van der Waals surface area contributed by atoms with Gasteiger partial charge in [-0.25, -0.2) is 8.42 Å². The molecule has 1 aliphatic rings. The molecule has 3 rings (SSSR count). The molecule has 0 bridgehead atoms. The van der Waals surface area contributed by atoms with Gasteiger partial charge in [0.05, 0.1) is 13.7 Å². The Hall–Kier alpha value is -2.16. The highest BCUT2D eigenvalue weighted by molar-refractivity contribution is 7.89. The van der Waals surface area contributed by atoms with Gasteiger partial charge in [-0.15, -0.1) is 0 Å². The van der Waals surface area contributed by atoms with E-state index in [1.165, 1.54) is 11.4 Å². The number of hydrogen-bond acceptors (Lipinski definition) is 5. The first-order valence-corrected chi connectivity index (χ1v) is 12.1. The third kappa shape index (κ3) is 4.71. The molecule has 1 aromatic carbocycles. The molecule has 0 atom stereocenters. The fourth-order valence-electron chi connectivity index (χ4n) is 4.39. The smallest absolute Gasteiger partial charge is 0.246 e. The van der Waals surface area contributed by atoms with Crippen LogP contribution < -0.4 is 4.74 Å². The Morgan fingerprint density at radius 2 is 1.71 bits per heavy atom. The lowest BCUT2D eigenvalue weighted by Crippen LogP contribution is -2.49. The molecule has 0 aliphatic carbocycles. The molecular weight excluding hydrogens is 414 g/mol. The minimum absolute atomic E-state index is 0.0802. The van der Waals surface area contributed by atoms with Crippen molar-refractivity contribution in [1.29, 1.82) is 0 Å². The highest BCUT2D eigenvalue weighted by Crippen LogP contribution is 2.28. The van der Waals surface area contributed by atoms with Crippen LogP contribution in [0.25, 0.3) is 0 Å². The number of ketones is 1. The second-order valence-electron chi connectivity index (χ2n) is 8.51. The molecule has 1 fully saturated rings. The molecule has 2 heterocycles. The minimum Gasteiger partial charge on any atom is -0.495 e. The Morgan fingerprint density at radius 3 is 2.26 bits per heavy atom. The largest absolute Gasteiger partial charge is 0.495 e. The van der Waals surface area contributed by atoms with Gasteiger partial charge in [0.1, 0.15) is 10.6 Å². The van der Waals surface area contributed by atoms with Gasteiger partial charge in [-0.3, -0.25) is 9.69 Å². The number of hydrogen-bond donors (Lipinski definition) is 0. The zero-order chi connectivity index (χ0) is 22.9. The van der Waals surface area contributed by atoms with Gasteiger partial charge < -0.3 is 9.30 Å². The number of benzene rings is 1. The van der Waals surface area contributed by atoms with Crippen LogP contribution in [0, 0.1) is 20.8 Å². The topological polar surface area (TPSA) is 71.9 Å². The van der Waals surface area contributed by atoms with Crippen molar-refractivity contribution in [1.82, 2.24) is 13.8 Å². The number of ether oxygens (including phenoxy) is 1. The zero-order valence-corrected chi connectivity index (χ0v) is 20.1. The summed E-state index contributed by atoms with van der Waals surface area (Å²) < 4.78 is 35.3. The first-order chi connectivity index (χ1) is 14.6. The number of aromatic nitrogens is 1. The van der Waals surface area contributed by atoms with Gasteiger partial charge in [-0.2, -0.15) is 4.31 Å². The molecule has 7 nitrogen and oxygen atoms in total. The molecule has 0 N–H and O–H groups in total. The van der Waals surface area contributed by atoms with Crippen LogP contribution in [0.1, 0.15) is 47.2 Å². The normalized spacial score (nSPS) is 16.1. The quantitative estimate of drug-likeness (QED) is 0.610. The average molecular weight is 448 g/mol. The summed E-state index contributed by atoms with van der Waals surface area (Å²) in [6, 6.07) is 7.42. The van der Waals surface area contributed by atoms with E-state index in [0.29, 0.717) is 44.5 Å². The molecule has 0 unspecified atom stereocenters. The first kappa shape index (κ1) is 23.5. The zero-order valence-electron chi connectivity index (χ0n) is 19.3. The molecule has 1 saturated heterocycles. The van der Waals surface area contributed by atoms with Gasteiger partial charge in [-0.1, -0.05) is 6.07 Å². The van der Waals surface area contributed by atoms with Crippen molar-refractivity contribution in [3.63, 3.8) is 0 Å². The third-order valence-electron chi connectivity index (χ3n) is 5.94. The summed E-state index contributed by atoms with van der Waals surface area (Å²) >= 11 is 0. The molecule has 170 valence electrons. The summed E-state index contributed by atoms with van der Waals surface area (Å²) in [6.07, 6.45) is 0. The second kappa shape index (κ2) is 9.14. The molecule has 8 heteroatoms. The molecule has 1 aliphatic heterocycles. The van der Waals surface area contributed by atoms with Crippen molar-refractivity contribution in [2.45, 2.75) is 45.6 Å². The van der Waals surface area contributed by atoms with E-state index in [4.69, 9.17) is 4.74 Å². The fraction of sp³-hybridized carbons (Fsp3) is 0.522. The summed E-state index contributed by atoms with van der Waals surface area (Å²) in [5.74, 6) is 0.431. The van der Waals surface area contributed by atoms with E-state index in [9.17, 15) is 13.2 Å². The van der Waals surface area contributed by atoms with Gasteiger partial charge in [-0.05, 0) is 58.4 Å². The van der Waals surface area contributed by atoms with E-state index in [0.717, 1.165) is 22.5 Å². The summed E-state index contributed by atoms with van der Waals surface area (Å²) in [4.78, 5) is 15.2. The van der Waals surface area contributed by atoms with Gasteiger partial charge in [0.2, 0.25) is 10.0 Å². The Bertz CT molecular complexity index is 1060. The van der Waals surface area contributed by atoms with E-state index in [1.54, 1.807) is 12.1 Å². The van der Waals surface area contributed by atoms with Crippen LogP contribution in [0.3, 0.4) is 0 Å². The summed E-state index contributed by atoms with van der Waals surface area (Å²) in [7, 11) is -2.18. The van der Waals surface area contributed by atoms with Crippen molar-refractivity contribution >= 4 is 15.8 Å².